The summed E-state index contributed by atoms with van der Waals surface area (Å²) in [5, 5.41) is 0. The van der Waals surface area contributed by atoms with E-state index in [9.17, 15) is 0 Å². The molecule has 0 spiro atoms. The van der Waals surface area contributed by atoms with Gasteiger partial charge in [-0.05, 0) is 51.1 Å². The van der Waals surface area contributed by atoms with E-state index in [1.165, 1.54) is 11.1 Å². The first-order chi connectivity index (χ1) is 9.89. The van der Waals surface area contributed by atoms with Gasteiger partial charge < -0.3 is 14.1 Å². The van der Waals surface area contributed by atoms with E-state index < -0.39 is 0 Å². The summed E-state index contributed by atoms with van der Waals surface area (Å²) in [4.78, 5) is 2.09. The van der Waals surface area contributed by atoms with Crippen molar-refractivity contribution in [3.8, 4) is 0 Å². The molecule has 2 aliphatic heterocycles. The Morgan fingerprint density at radius 2 is 1.62 bits per heavy atom. The number of hydrogen-bond donors (Lipinski definition) is 0. The van der Waals surface area contributed by atoms with E-state index in [1.807, 2.05) is 6.07 Å². The van der Waals surface area contributed by atoms with Gasteiger partial charge in [-0.3, -0.25) is 0 Å². The molecule has 0 amide bonds. The van der Waals surface area contributed by atoms with Gasteiger partial charge in [0.15, 0.2) is 0 Å². The SMILES string of the molecule is CC1(C)OB(N2C=CC(c3ccccc3)=CC2)OC1(C)C. The summed E-state index contributed by atoms with van der Waals surface area (Å²) in [6.07, 6.45) is 6.38. The van der Waals surface area contributed by atoms with Crippen LogP contribution in [0.1, 0.15) is 33.3 Å². The predicted octanol–water partition coefficient (Wildman–Crippen LogP) is 3.49. The summed E-state index contributed by atoms with van der Waals surface area (Å²) in [6.45, 7) is 9.09. The van der Waals surface area contributed by atoms with Crippen molar-refractivity contribution < 1.29 is 9.31 Å². The average molecular weight is 283 g/mol. The maximum Gasteiger partial charge on any atom is 0.593 e. The van der Waals surface area contributed by atoms with Crippen molar-refractivity contribution in [2.24, 2.45) is 0 Å². The van der Waals surface area contributed by atoms with Gasteiger partial charge in [0.05, 0.1) is 11.2 Å². The molecule has 0 saturated carbocycles. The molecule has 0 aliphatic carbocycles. The predicted molar refractivity (Wildman–Crippen MR) is 86.3 cm³/mol. The van der Waals surface area contributed by atoms with Crippen LogP contribution in [0.25, 0.3) is 5.57 Å². The first-order valence-electron chi connectivity index (χ1n) is 7.44. The smallest absolute Gasteiger partial charge is 0.384 e. The lowest BCUT2D eigenvalue weighted by Crippen LogP contribution is -2.41. The maximum atomic E-state index is 6.07. The number of hydrogen-bond acceptors (Lipinski definition) is 3. The van der Waals surface area contributed by atoms with Gasteiger partial charge in [-0.2, -0.15) is 0 Å². The first kappa shape index (κ1) is 14.4. The molecule has 0 unspecified atom stereocenters. The standard InChI is InChI=1S/C17H22BNO2/c1-16(2)17(3,4)21-18(20-16)19-12-10-15(11-13-19)14-8-6-5-7-9-14/h5-12H,13H2,1-4H3. The number of rotatable bonds is 2. The zero-order chi connectivity index (χ0) is 15.1. The molecular formula is C17H22BNO2. The zero-order valence-electron chi connectivity index (χ0n) is 13.2. The van der Waals surface area contributed by atoms with E-state index in [-0.39, 0.29) is 18.5 Å². The molecule has 3 nitrogen and oxygen atoms in total. The Labute approximate surface area is 127 Å². The van der Waals surface area contributed by atoms with Crippen molar-refractivity contribution >= 4 is 12.8 Å². The van der Waals surface area contributed by atoms with E-state index >= 15 is 0 Å². The van der Waals surface area contributed by atoms with Crippen molar-refractivity contribution in [2.75, 3.05) is 6.54 Å². The Bertz CT molecular complexity index is 562. The second-order valence-electron chi connectivity index (χ2n) is 6.60. The molecule has 3 rings (SSSR count). The van der Waals surface area contributed by atoms with Crippen LogP contribution in [0.2, 0.25) is 0 Å². The third-order valence-corrected chi connectivity index (χ3v) is 4.59. The van der Waals surface area contributed by atoms with Crippen molar-refractivity contribution in [3.05, 3.63) is 54.2 Å². The Balaban J connectivity index is 1.70. The van der Waals surface area contributed by atoms with Crippen LogP contribution >= 0.6 is 0 Å². The molecule has 1 aromatic rings. The van der Waals surface area contributed by atoms with Crippen LogP contribution in [0.5, 0.6) is 0 Å². The van der Waals surface area contributed by atoms with Crippen molar-refractivity contribution in [1.29, 1.82) is 0 Å². The molecule has 0 radical (unpaired) electrons. The Kier molecular flexibility index (Phi) is 3.46. The largest absolute Gasteiger partial charge is 0.593 e. The minimum Gasteiger partial charge on any atom is -0.384 e. The van der Waals surface area contributed by atoms with E-state index in [0.29, 0.717) is 0 Å². The molecule has 1 aromatic carbocycles. The minimum atomic E-state index is -0.320. The van der Waals surface area contributed by atoms with Crippen LogP contribution in [-0.4, -0.2) is 29.8 Å². The summed E-state index contributed by atoms with van der Waals surface area (Å²) >= 11 is 0. The highest BCUT2D eigenvalue weighted by Crippen LogP contribution is 2.38. The minimum absolute atomic E-state index is 0.297. The summed E-state index contributed by atoms with van der Waals surface area (Å²) < 4.78 is 12.1. The fraction of sp³-hybridized carbons (Fsp3) is 0.412. The Hall–Kier alpha value is -1.52. The highest BCUT2D eigenvalue weighted by atomic mass is 16.7. The molecule has 1 fully saturated rings. The molecular weight excluding hydrogens is 261 g/mol. The van der Waals surface area contributed by atoms with Crippen LogP contribution in [0.15, 0.2) is 48.7 Å². The van der Waals surface area contributed by atoms with Gasteiger partial charge in [-0.25, -0.2) is 0 Å². The highest BCUT2D eigenvalue weighted by Gasteiger charge is 2.53. The third kappa shape index (κ3) is 2.66. The van der Waals surface area contributed by atoms with Crippen molar-refractivity contribution in [1.82, 2.24) is 4.81 Å². The van der Waals surface area contributed by atoms with E-state index in [4.69, 9.17) is 9.31 Å². The molecule has 2 heterocycles. The lowest BCUT2D eigenvalue weighted by Gasteiger charge is -2.32. The van der Waals surface area contributed by atoms with Gasteiger partial charge in [0.1, 0.15) is 0 Å². The first-order valence-corrected chi connectivity index (χ1v) is 7.44. The second-order valence-corrected chi connectivity index (χ2v) is 6.60. The summed E-state index contributed by atoms with van der Waals surface area (Å²) in [5.41, 5.74) is 1.88. The summed E-state index contributed by atoms with van der Waals surface area (Å²) in [7, 11) is -0.320. The van der Waals surface area contributed by atoms with Crippen molar-refractivity contribution in [2.45, 2.75) is 38.9 Å². The molecule has 4 heteroatoms. The summed E-state index contributed by atoms with van der Waals surface area (Å²) in [6, 6.07) is 10.4. The molecule has 0 N–H and O–H groups in total. The maximum absolute atomic E-state index is 6.07. The van der Waals surface area contributed by atoms with Gasteiger partial charge in [0.25, 0.3) is 0 Å². The van der Waals surface area contributed by atoms with E-state index in [1.54, 1.807) is 0 Å². The fourth-order valence-corrected chi connectivity index (χ4v) is 2.46. The van der Waals surface area contributed by atoms with E-state index in [2.05, 4.69) is 75.1 Å². The van der Waals surface area contributed by atoms with Crippen molar-refractivity contribution in [3.63, 3.8) is 0 Å². The highest BCUT2D eigenvalue weighted by molar-refractivity contribution is 6.42. The summed E-state index contributed by atoms with van der Waals surface area (Å²) in [5.74, 6) is 0. The quantitative estimate of drug-likeness (QED) is 0.775. The van der Waals surface area contributed by atoms with Gasteiger partial charge >= 0.3 is 7.25 Å². The normalized spacial score (nSPS) is 23.3. The van der Waals surface area contributed by atoms with E-state index in [0.717, 1.165) is 6.54 Å². The van der Waals surface area contributed by atoms with Crippen LogP contribution in [0.3, 0.4) is 0 Å². The van der Waals surface area contributed by atoms with Gasteiger partial charge in [0.2, 0.25) is 0 Å². The fourth-order valence-electron chi connectivity index (χ4n) is 2.46. The Morgan fingerprint density at radius 1 is 1.00 bits per heavy atom. The van der Waals surface area contributed by atoms with Crippen LogP contribution < -0.4 is 0 Å². The van der Waals surface area contributed by atoms with Gasteiger partial charge in [0, 0.05) is 6.54 Å². The number of nitrogens with zero attached hydrogens (tertiary/aromatic N) is 1. The van der Waals surface area contributed by atoms with Gasteiger partial charge in [-0.15, -0.1) is 0 Å². The molecule has 0 bridgehead atoms. The number of benzene rings is 1. The van der Waals surface area contributed by atoms with Crippen LogP contribution in [0.4, 0.5) is 0 Å². The second kappa shape index (κ2) is 5.04. The van der Waals surface area contributed by atoms with Gasteiger partial charge in [-0.1, -0.05) is 36.4 Å². The molecule has 1 saturated heterocycles. The molecule has 21 heavy (non-hydrogen) atoms. The van der Waals surface area contributed by atoms with Crippen LogP contribution in [0, 0.1) is 0 Å². The molecule has 0 atom stereocenters. The third-order valence-electron chi connectivity index (χ3n) is 4.59. The average Bonchev–Trinajstić information content (AvgIpc) is 2.69. The molecule has 110 valence electrons. The Morgan fingerprint density at radius 3 is 2.14 bits per heavy atom. The monoisotopic (exact) mass is 283 g/mol. The number of allylic oxidation sites excluding steroid dienone is 2. The topological polar surface area (TPSA) is 21.7 Å². The van der Waals surface area contributed by atoms with Crippen LogP contribution in [-0.2, 0) is 9.31 Å². The molecule has 0 aromatic heterocycles. The lowest BCUT2D eigenvalue weighted by atomic mass is 9.90. The molecule has 2 aliphatic rings. The zero-order valence-corrected chi connectivity index (χ0v) is 13.2. The lowest BCUT2D eigenvalue weighted by molar-refractivity contribution is 0.00578.